The van der Waals surface area contributed by atoms with Gasteiger partial charge in [0.25, 0.3) is 0 Å². The summed E-state index contributed by atoms with van der Waals surface area (Å²) in [5.41, 5.74) is -0.0842. The summed E-state index contributed by atoms with van der Waals surface area (Å²) in [6.45, 7) is 7.10. The average molecular weight is 237 g/mol. The van der Waals surface area contributed by atoms with Gasteiger partial charge in [0.05, 0.1) is 17.6 Å². The van der Waals surface area contributed by atoms with Crippen LogP contribution in [0.15, 0.2) is 0 Å². The fourth-order valence-electron chi connectivity index (χ4n) is 2.83. The lowest BCUT2D eigenvalue weighted by Gasteiger charge is -2.35. The van der Waals surface area contributed by atoms with Crippen molar-refractivity contribution in [2.75, 3.05) is 6.61 Å². The Hall–Kier alpha value is -0.550. The van der Waals surface area contributed by atoms with Crippen LogP contribution in [0.2, 0.25) is 0 Å². The van der Waals surface area contributed by atoms with Crippen molar-refractivity contribution >= 4 is 0 Å². The maximum Gasteiger partial charge on any atom is 0.0690 e. The molecule has 0 spiro atoms. The van der Waals surface area contributed by atoms with Crippen molar-refractivity contribution in [2.45, 2.75) is 71.8 Å². The Balaban J connectivity index is 2.36. The minimum atomic E-state index is -0.0842. The van der Waals surface area contributed by atoms with Gasteiger partial charge < -0.3 is 4.74 Å². The molecule has 0 heterocycles. The molecule has 0 amide bonds. The Kier molecular flexibility index (Phi) is 5.98. The molecule has 2 nitrogen and oxygen atoms in total. The maximum absolute atomic E-state index is 9.42. The summed E-state index contributed by atoms with van der Waals surface area (Å²) in [7, 11) is 0. The zero-order chi connectivity index (χ0) is 12.7. The number of hydrogen-bond donors (Lipinski definition) is 0. The van der Waals surface area contributed by atoms with Crippen LogP contribution in [-0.2, 0) is 4.74 Å². The van der Waals surface area contributed by atoms with Crippen LogP contribution in [-0.4, -0.2) is 12.7 Å². The molecule has 0 N–H and O–H groups in total. The van der Waals surface area contributed by atoms with Crippen LogP contribution in [0.3, 0.4) is 0 Å². The van der Waals surface area contributed by atoms with E-state index in [0.29, 0.717) is 0 Å². The van der Waals surface area contributed by atoms with Crippen LogP contribution >= 0.6 is 0 Å². The zero-order valence-electron chi connectivity index (χ0n) is 11.7. The second-order valence-corrected chi connectivity index (χ2v) is 5.79. The highest BCUT2D eigenvalue weighted by atomic mass is 16.5. The molecule has 1 rings (SSSR count). The number of hydrogen-bond acceptors (Lipinski definition) is 2. The predicted octanol–water partition coefficient (Wildman–Crippen LogP) is 4.30. The summed E-state index contributed by atoms with van der Waals surface area (Å²) in [6, 6.07) is 2.57. The molecule has 17 heavy (non-hydrogen) atoms. The van der Waals surface area contributed by atoms with Crippen molar-refractivity contribution in [2.24, 2.45) is 11.3 Å². The van der Waals surface area contributed by atoms with Crippen molar-refractivity contribution in [3.05, 3.63) is 0 Å². The van der Waals surface area contributed by atoms with Crippen LogP contribution in [0, 0.1) is 22.7 Å². The molecule has 1 saturated carbocycles. The fraction of sp³-hybridized carbons (Fsp3) is 0.933. The second kappa shape index (κ2) is 7.01. The molecule has 1 aliphatic carbocycles. The smallest absolute Gasteiger partial charge is 0.0690 e. The third-order valence-electron chi connectivity index (χ3n) is 4.03. The summed E-state index contributed by atoms with van der Waals surface area (Å²) >= 11 is 0. The summed E-state index contributed by atoms with van der Waals surface area (Å²) < 4.78 is 5.59. The molecule has 0 aromatic rings. The van der Waals surface area contributed by atoms with Crippen molar-refractivity contribution in [1.82, 2.24) is 0 Å². The van der Waals surface area contributed by atoms with Crippen LogP contribution in [0.25, 0.3) is 0 Å². The van der Waals surface area contributed by atoms with Crippen LogP contribution in [0.4, 0.5) is 0 Å². The molecular weight excluding hydrogens is 210 g/mol. The molecule has 0 saturated heterocycles. The molecule has 1 fully saturated rings. The highest BCUT2D eigenvalue weighted by Crippen LogP contribution is 2.42. The Morgan fingerprint density at radius 1 is 1.35 bits per heavy atom. The van der Waals surface area contributed by atoms with Gasteiger partial charge in [-0.05, 0) is 51.9 Å². The fourth-order valence-corrected chi connectivity index (χ4v) is 2.83. The van der Waals surface area contributed by atoms with Gasteiger partial charge in [-0.2, -0.15) is 5.26 Å². The second-order valence-electron chi connectivity index (χ2n) is 5.79. The Labute approximate surface area is 106 Å². The van der Waals surface area contributed by atoms with Gasteiger partial charge in [0.2, 0.25) is 0 Å². The van der Waals surface area contributed by atoms with Crippen molar-refractivity contribution in [3.63, 3.8) is 0 Å². The van der Waals surface area contributed by atoms with Gasteiger partial charge in [0.1, 0.15) is 0 Å². The standard InChI is InChI=1S/C15H27NO/c1-4-5-14-6-8-15(12-16,9-7-14)10-11-17-13(2)3/h13-14H,4-11H2,1-3H3. The third-order valence-corrected chi connectivity index (χ3v) is 4.03. The summed E-state index contributed by atoms with van der Waals surface area (Å²) in [6.07, 6.45) is 8.45. The molecular formula is C15H27NO. The molecule has 0 aromatic carbocycles. The molecule has 0 atom stereocenters. The molecule has 2 heteroatoms. The first-order valence-electron chi connectivity index (χ1n) is 7.15. The lowest BCUT2D eigenvalue weighted by molar-refractivity contribution is 0.0494. The van der Waals surface area contributed by atoms with E-state index in [1.165, 1.54) is 25.7 Å². The van der Waals surface area contributed by atoms with E-state index in [9.17, 15) is 5.26 Å². The minimum Gasteiger partial charge on any atom is -0.379 e. The highest BCUT2D eigenvalue weighted by molar-refractivity contribution is 5.01. The van der Waals surface area contributed by atoms with Crippen LogP contribution < -0.4 is 0 Å². The van der Waals surface area contributed by atoms with E-state index in [2.05, 4.69) is 26.8 Å². The van der Waals surface area contributed by atoms with E-state index in [0.717, 1.165) is 31.8 Å². The largest absolute Gasteiger partial charge is 0.379 e. The Morgan fingerprint density at radius 2 is 2.00 bits per heavy atom. The van der Waals surface area contributed by atoms with E-state index >= 15 is 0 Å². The quantitative estimate of drug-likeness (QED) is 0.690. The lowest BCUT2D eigenvalue weighted by atomic mass is 9.69. The van der Waals surface area contributed by atoms with Gasteiger partial charge in [-0.15, -0.1) is 0 Å². The topological polar surface area (TPSA) is 33.0 Å². The molecule has 0 radical (unpaired) electrons. The van der Waals surface area contributed by atoms with Gasteiger partial charge in [-0.1, -0.05) is 19.8 Å². The van der Waals surface area contributed by atoms with E-state index in [-0.39, 0.29) is 11.5 Å². The summed E-state index contributed by atoms with van der Waals surface area (Å²) in [5.74, 6) is 0.868. The molecule has 1 aliphatic rings. The van der Waals surface area contributed by atoms with E-state index < -0.39 is 0 Å². The van der Waals surface area contributed by atoms with Gasteiger partial charge in [0, 0.05) is 6.61 Å². The van der Waals surface area contributed by atoms with E-state index in [1.807, 2.05) is 0 Å². The molecule has 0 bridgehead atoms. The predicted molar refractivity (Wildman–Crippen MR) is 70.6 cm³/mol. The highest BCUT2D eigenvalue weighted by Gasteiger charge is 2.34. The lowest BCUT2D eigenvalue weighted by Crippen LogP contribution is -2.28. The molecule has 0 aliphatic heterocycles. The van der Waals surface area contributed by atoms with Crippen LogP contribution in [0.1, 0.15) is 65.7 Å². The van der Waals surface area contributed by atoms with Crippen molar-refractivity contribution in [1.29, 1.82) is 5.26 Å². The normalized spacial score (nSPS) is 29.2. The van der Waals surface area contributed by atoms with Crippen LogP contribution in [0.5, 0.6) is 0 Å². The van der Waals surface area contributed by atoms with Gasteiger partial charge in [-0.3, -0.25) is 0 Å². The molecule has 98 valence electrons. The molecule has 0 unspecified atom stereocenters. The molecule has 0 aromatic heterocycles. The number of rotatable bonds is 6. The Bertz CT molecular complexity index is 246. The SMILES string of the molecule is CCCC1CCC(C#N)(CCOC(C)C)CC1. The van der Waals surface area contributed by atoms with E-state index in [1.54, 1.807) is 0 Å². The zero-order valence-corrected chi connectivity index (χ0v) is 11.7. The number of ether oxygens (including phenoxy) is 1. The first-order valence-corrected chi connectivity index (χ1v) is 7.15. The number of nitrogens with zero attached hydrogens (tertiary/aromatic N) is 1. The Morgan fingerprint density at radius 3 is 2.47 bits per heavy atom. The summed E-state index contributed by atoms with van der Waals surface area (Å²) in [4.78, 5) is 0. The van der Waals surface area contributed by atoms with Gasteiger partial charge >= 0.3 is 0 Å². The first-order chi connectivity index (χ1) is 8.12. The summed E-state index contributed by atoms with van der Waals surface area (Å²) in [5, 5.41) is 9.42. The van der Waals surface area contributed by atoms with Crippen molar-refractivity contribution < 1.29 is 4.74 Å². The average Bonchev–Trinajstić information content (AvgIpc) is 2.31. The van der Waals surface area contributed by atoms with Crippen molar-refractivity contribution in [3.8, 4) is 6.07 Å². The third kappa shape index (κ3) is 4.68. The van der Waals surface area contributed by atoms with Gasteiger partial charge in [-0.25, -0.2) is 0 Å². The van der Waals surface area contributed by atoms with E-state index in [4.69, 9.17) is 4.74 Å². The minimum absolute atomic E-state index is 0.0842. The monoisotopic (exact) mass is 237 g/mol. The van der Waals surface area contributed by atoms with Gasteiger partial charge in [0.15, 0.2) is 0 Å². The maximum atomic E-state index is 9.42. The number of nitriles is 1. The first kappa shape index (κ1) is 14.5.